The first-order valence-electron chi connectivity index (χ1n) is 11.1. The van der Waals surface area contributed by atoms with E-state index < -0.39 is 18.0 Å². The van der Waals surface area contributed by atoms with E-state index in [2.05, 4.69) is 30.6 Å². The van der Waals surface area contributed by atoms with Crippen LogP contribution in [0.25, 0.3) is 22.0 Å². The molecule has 0 bridgehead atoms. The zero-order valence-corrected chi connectivity index (χ0v) is 19.0. The number of hydrogen-bond donors (Lipinski definition) is 2. The molecule has 0 saturated heterocycles. The molecule has 1 atom stereocenters. The second-order valence-corrected chi connectivity index (χ2v) is 8.49. The number of nitrogens with zero attached hydrogens (tertiary/aromatic N) is 5. The molecule has 0 radical (unpaired) electrons. The molecule has 35 heavy (non-hydrogen) atoms. The highest BCUT2D eigenvalue weighted by Crippen LogP contribution is 2.35. The van der Waals surface area contributed by atoms with Crippen LogP contribution in [0, 0.1) is 12.8 Å². The van der Waals surface area contributed by atoms with Crippen LogP contribution in [0.1, 0.15) is 28.4 Å². The molecule has 0 saturated carbocycles. The van der Waals surface area contributed by atoms with Gasteiger partial charge in [-0.1, -0.05) is 0 Å². The highest BCUT2D eigenvalue weighted by atomic mass is 19.4. The summed E-state index contributed by atoms with van der Waals surface area (Å²) in [4.78, 5) is 30.3. The molecule has 1 unspecified atom stereocenters. The Hall–Kier alpha value is -4.02. The van der Waals surface area contributed by atoms with Crippen LogP contribution in [0.5, 0.6) is 0 Å². The van der Waals surface area contributed by atoms with E-state index in [1.807, 2.05) is 19.1 Å². The monoisotopic (exact) mass is 481 g/mol. The summed E-state index contributed by atoms with van der Waals surface area (Å²) in [5.41, 5.74) is 3.59. The number of pyridine rings is 3. The van der Waals surface area contributed by atoms with Crippen LogP contribution in [0.15, 0.2) is 43.0 Å². The summed E-state index contributed by atoms with van der Waals surface area (Å²) in [5.74, 6) is -0.842. The summed E-state index contributed by atoms with van der Waals surface area (Å²) in [6.45, 7) is 1.53. The summed E-state index contributed by atoms with van der Waals surface area (Å²) in [6.07, 6.45) is 2.11. The smallest absolute Gasteiger partial charge is 0.373 e. The lowest BCUT2D eigenvalue weighted by molar-refractivity contribution is -0.182. The Morgan fingerprint density at radius 3 is 2.66 bits per heavy atom. The van der Waals surface area contributed by atoms with E-state index in [9.17, 15) is 18.0 Å². The lowest BCUT2D eigenvalue weighted by Gasteiger charge is -2.26. The summed E-state index contributed by atoms with van der Waals surface area (Å²) in [5, 5.41) is 6.58. The molecule has 5 rings (SSSR count). The number of fused-ring (bicyclic) bond motifs is 2. The van der Waals surface area contributed by atoms with Gasteiger partial charge in [0.1, 0.15) is 17.3 Å². The molecule has 1 amide bonds. The van der Waals surface area contributed by atoms with Crippen LogP contribution in [0.4, 0.5) is 24.7 Å². The third-order valence-electron chi connectivity index (χ3n) is 6.23. The molecular weight excluding hydrogens is 459 g/mol. The van der Waals surface area contributed by atoms with Gasteiger partial charge in [-0.3, -0.25) is 14.8 Å². The van der Waals surface area contributed by atoms with Gasteiger partial charge in [0.25, 0.3) is 5.91 Å². The predicted molar refractivity (Wildman–Crippen MR) is 125 cm³/mol. The highest BCUT2D eigenvalue weighted by Gasteiger charge is 2.42. The first-order chi connectivity index (χ1) is 16.7. The van der Waals surface area contributed by atoms with E-state index in [1.54, 1.807) is 25.5 Å². The van der Waals surface area contributed by atoms with Crippen molar-refractivity contribution in [2.24, 2.45) is 5.92 Å². The summed E-state index contributed by atoms with van der Waals surface area (Å²) in [7, 11) is 1.78. The second-order valence-electron chi connectivity index (χ2n) is 8.49. The fourth-order valence-electron chi connectivity index (χ4n) is 4.28. The van der Waals surface area contributed by atoms with E-state index >= 15 is 0 Å². The number of imidazole rings is 1. The van der Waals surface area contributed by atoms with Crippen molar-refractivity contribution >= 4 is 28.3 Å². The summed E-state index contributed by atoms with van der Waals surface area (Å²) in [6, 6.07) is 5.55. The molecule has 8 nitrogen and oxygen atoms in total. The quantitative estimate of drug-likeness (QED) is 0.442. The van der Waals surface area contributed by atoms with Crippen LogP contribution in [0.3, 0.4) is 0 Å². The average molecular weight is 481 g/mol. The third kappa shape index (κ3) is 4.41. The van der Waals surface area contributed by atoms with Gasteiger partial charge in [-0.25, -0.2) is 9.97 Å². The maximum absolute atomic E-state index is 13.2. The Balaban J connectivity index is 1.41. The van der Waals surface area contributed by atoms with Crippen LogP contribution in [-0.2, 0) is 13.0 Å². The first kappa shape index (κ1) is 22.8. The van der Waals surface area contributed by atoms with Crippen molar-refractivity contribution in [1.82, 2.24) is 24.5 Å². The van der Waals surface area contributed by atoms with E-state index in [0.29, 0.717) is 17.3 Å². The largest absolute Gasteiger partial charge is 0.393 e. The number of carbonyl (C=O) groups is 1. The minimum absolute atomic E-state index is 0.0294. The molecule has 0 fully saturated rings. The fourth-order valence-corrected chi connectivity index (χ4v) is 4.28. The number of halogens is 3. The molecular formula is C24H22F3N7O. The number of anilines is 2. The second kappa shape index (κ2) is 8.64. The zero-order valence-electron chi connectivity index (χ0n) is 19.0. The van der Waals surface area contributed by atoms with Crippen molar-refractivity contribution < 1.29 is 18.0 Å². The third-order valence-corrected chi connectivity index (χ3v) is 6.23. The lowest BCUT2D eigenvalue weighted by atomic mass is 9.99. The maximum Gasteiger partial charge on any atom is 0.393 e. The molecule has 1 aliphatic rings. The number of amides is 1. The minimum Gasteiger partial charge on any atom is -0.373 e. The molecule has 0 aliphatic carbocycles. The molecule has 4 aromatic rings. The van der Waals surface area contributed by atoms with Crippen molar-refractivity contribution in [2.45, 2.75) is 32.5 Å². The highest BCUT2D eigenvalue weighted by molar-refractivity contribution is 6.03. The molecule has 11 heteroatoms. The zero-order chi connectivity index (χ0) is 24.7. The molecule has 2 N–H and O–H groups in total. The van der Waals surface area contributed by atoms with E-state index in [-0.39, 0.29) is 25.1 Å². The van der Waals surface area contributed by atoms with Crippen molar-refractivity contribution in [1.29, 1.82) is 0 Å². The Morgan fingerprint density at radius 2 is 1.89 bits per heavy atom. The number of nitrogens with one attached hydrogen (secondary N) is 2. The van der Waals surface area contributed by atoms with Gasteiger partial charge in [0.2, 0.25) is 0 Å². The van der Waals surface area contributed by atoms with E-state index in [0.717, 1.165) is 27.7 Å². The molecule has 0 spiro atoms. The predicted octanol–water partition coefficient (Wildman–Crippen LogP) is 4.62. The summed E-state index contributed by atoms with van der Waals surface area (Å²) < 4.78 is 41.1. The minimum atomic E-state index is -4.32. The average Bonchev–Trinajstić information content (AvgIpc) is 3.27. The molecule has 0 aromatic carbocycles. The van der Waals surface area contributed by atoms with Gasteiger partial charge < -0.3 is 15.2 Å². The van der Waals surface area contributed by atoms with Gasteiger partial charge in [-0.15, -0.1) is 0 Å². The molecule has 4 aromatic heterocycles. The standard InChI is InChI=1S/C24H22F3N7O/c1-13-18(14-5-15-9-31-21(28-2)7-19(15)30-8-14)6-17(10-29-13)33-23(35)20-11-32-22-4-3-16(12-34(20)22)24(25,26)27/h5-11,16H,3-4,12H2,1-2H3,(H,28,31)(H,33,35). The Labute approximate surface area is 198 Å². The molecule has 180 valence electrons. The van der Waals surface area contributed by atoms with E-state index in [1.165, 1.54) is 17.0 Å². The maximum atomic E-state index is 13.2. The number of carbonyl (C=O) groups excluding carboxylic acids is 1. The number of aryl methyl sites for hydroxylation is 2. The van der Waals surface area contributed by atoms with Gasteiger partial charge >= 0.3 is 6.18 Å². The van der Waals surface area contributed by atoms with Crippen molar-refractivity contribution in [3.63, 3.8) is 0 Å². The van der Waals surface area contributed by atoms with Crippen LogP contribution < -0.4 is 10.6 Å². The lowest BCUT2D eigenvalue weighted by Crippen LogP contribution is -2.33. The van der Waals surface area contributed by atoms with Crippen molar-refractivity contribution in [3.8, 4) is 11.1 Å². The number of aromatic nitrogens is 5. The first-order valence-corrected chi connectivity index (χ1v) is 11.1. The molecule has 1 aliphatic heterocycles. The number of rotatable bonds is 4. The van der Waals surface area contributed by atoms with Gasteiger partial charge in [0, 0.05) is 60.7 Å². The van der Waals surface area contributed by atoms with Gasteiger partial charge in [-0.2, -0.15) is 13.2 Å². The van der Waals surface area contributed by atoms with E-state index in [4.69, 9.17) is 0 Å². The van der Waals surface area contributed by atoms with Crippen molar-refractivity contribution in [2.75, 3.05) is 17.7 Å². The Morgan fingerprint density at radius 1 is 1.06 bits per heavy atom. The number of alkyl halides is 3. The van der Waals surface area contributed by atoms with Crippen molar-refractivity contribution in [3.05, 3.63) is 60.2 Å². The Kier molecular flexibility index (Phi) is 5.62. The Bertz CT molecular complexity index is 1430. The van der Waals surface area contributed by atoms with Crippen LogP contribution >= 0.6 is 0 Å². The molecule has 5 heterocycles. The van der Waals surface area contributed by atoms with Crippen LogP contribution in [-0.4, -0.2) is 43.6 Å². The van der Waals surface area contributed by atoms with Gasteiger partial charge in [0.05, 0.1) is 29.5 Å². The van der Waals surface area contributed by atoms with Gasteiger partial charge in [0.15, 0.2) is 0 Å². The topological polar surface area (TPSA) is 97.6 Å². The summed E-state index contributed by atoms with van der Waals surface area (Å²) >= 11 is 0. The fraction of sp³-hybridized carbons (Fsp3) is 0.292. The van der Waals surface area contributed by atoms with Gasteiger partial charge in [-0.05, 0) is 25.5 Å². The SMILES string of the molecule is CNc1cc2ncc(-c3cc(NC(=O)c4cnc5n4CC(C(F)(F)F)CC5)cnc3C)cc2cn1. The normalized spacial score (nSPS) is 15.6. The number of hydrogen-bond acceptors (Lipinski definition) is 6. The van der Waals surface area contributed by atoms with Crippen LogP contribution in [0.2, 0.25) is 0 Å².